The Labute approximate surface area is 372 Å². The van der Waals surface area contributed by atoms with Crippen LogP contribution < -0.4 is 0 Å². The van der Waals surface area contributed by atoms with Crippen LogP contribution in [0.15, 0.2) is 91.0 Å². The van der Waals surface area contributed by atoms with Gasteiger partial charge in [0.2, 0.25) is 0 Å². The van der Waals surface area contributed by atoms with E-state index < -0.39 is 28.1 Å². The highest BCUT2D eigenvalue weighted by Crippen LogP contribution is 2.27. The molecule has 15 nitrogen and oxygen atoms in total. The Morgan fingerprint density at radius 1 is 0.571 bits per heavy atom. The molecular formula is C47H60N6O9S. The topological polar surface area (TPSA) is 203 Å². The highest BCUT2D eigenvalue weighted by Gasteiger charge is 2.38. The molecule has 6 atom stereocenters. The minimum atomic E-state index is -3.60. The van der Waals surface area contributed by atoms with Crippen LogP contribution in [0, 0.1) is 63.6 Å². The third kappa shape index (κ3) is 17.9. The van der Waals surface area contributed by atoms with Crippen molar-refractivity contribution in [3.05, 3.63) is 108 Å². The summed E-state index contributed by atoms with van der Waals surface area (Å²) < 4.78 is 42.1. The van der Waals surface area contributed by atoms with Crippen molar-refractivity contribution in [2.45, 2.75) is 51.9 Å². The molecule has 0 N–H and O–H groups in total. The number of ether oxygens (including phenoxy) is 3. The van der Waals surface area contributed by atoms with Gasteiger partial charge in [0.05, 0.1) is 81.5 Å². The normalized spacial score (nSPS) is 22.4. The monoisotopic (exact) mass is 884 g/mol. The van der Waals surface area contributed by atoms with Crippen molar-refractivity contribution in [2.24, 2.45) is 29.6 Å². The number of carbonyl (C=O) groups is 3. The van der Waals surface area contributed by atoms with Crippen LogP contribution in [-0.4, -0.2) is 114 Å². The molecule has 3 heterocycles. The van der Waals surface area contributed by atoms with Gasteiger partial charge in [-0.2, -0.15) is 24.2 Å². The Kier molecular flexibility index (Phi) is 22.5. The van der Waals surface area contributed by atoms with Gasteiger partial charge in [0.25, 0.3) is 10.1 Å². The molecular weight excluding hydrogens is 825 g/mol. The lowest BCUT2D eigenvalue weighted by Gasteiger charge is -2.36. The highest BCUT2D eigenvalue weighted by atomic mass is 32.2. The first kappa shape index (κ1) is 51.7. The number of carbonyl (C=O) groups excluding carboxylic acids is 3. The van der Waals surface area contributed by atoms with Crippen molar-refractivity contribution in [3.8, 4) is 18.2 Å². The smallest absolute Gasteiger partial charge is 0.312 e. The molecule has 3 saturated heterocycles. The Balaban J connectivity index is 0.000000244. The maximum atomic E-state index is 11.9. The van der Waals surface area contributed by atoms with Crippen LogP contribution in [0.3, 0.4) is 0 Å². The van der Waals surface area contributed by atoms with Gasteiger partial charge < -0.3 is 14.2 Å². The van der Waals surface area contributed by atoms with Crippen LogP contribution >= 0.6 is 0 Å². The van der Waals surface area contributed by atoms with Gasteiger partial charge in [-0.15, -0.1) is 0 Å². The Morgan fingerprint density at radius 3 is 1.17 bits per heavy atom. The second kappa shape index (κ2) is 27.4. The fourth-order valence-corrected chi connectivity index (χ4v) is 8.48. The molecule has 0 aliphatic carbocycles. The number of esters is 3. The molecule has 0 aromatic heterocycles. The highest BCUT2D eigenvalue weighted by molar-refractivity contribution is 7.86. The average Bonchev–Trinajstić information content (AvgIpc) is 3.30. The average molecular weight is 885 g/mol. The van der Waals surface area contributed by atoms with E-state index in [4.69, 9.17) is 34.2 Å². The minimum Gasteiger partial charge on any atom is -0.469 e. The first-order chi connectivity index (χ1) is 30.3. The van der Waals surface area contributed by atoms with Crippen molar-refractivity contribution in [1.29, 1.82) is 15.8 Å². The Morgan fingerprint density at radius 2 is 0.873 bits per heavy atom. The summed E-state index contributed by atoms with van der Waals surface area (Å²) in [5.74, 6) is -2.68. The third-order valence-corrected chi connectivity index (χ3v) is 11.5. The summed E-state index contributed by atoms with van der Waals surface area (Å²) >= 11 is 0. The largest absolute Gasteiger partial charge is 0.469 e. The van der Waals surface area contributed by atoms with Gasteiger partial charge in [-0.3, -0.25) is 33.3 Å². The molecule has 6 rings (SSSR count). The zero-order valence-electron chi connectivity index (χ0n) is 36.9. The minimum absolute atomic E-state index is 0.223. The van der Waals surface area contributed by atoms with Crippen molar-refractivity contribution >= 4 is 28.0 Å². The van der Waals surface area contributed by atoms with Crippen LogP contribution in [0.2, 0.25) is 0 Å². The molecule has 3 fully saturated rings. The molecule has 0 amide bonds. The van der Waals surface area contributed by atoms with Gasteiger partial charge in [-0.25, -0.2) is 0 Å². The van der Waals surface area contributed by atoms with E-state index in [0.717, 1.165) is 50.8 Å². The van der Waals surface area contributed by atoms with Crippen molar-refractivity contribution in [2.75, 3.05) is 66.9 Å². The first-order valence-corrected chi connectivity index (χ1v) is 22.6. The SMILES string of the molecule is CC#N.COC(=O)C1CN(Cc2ccccc2)CCC1OS(C)(=O)=O.COC(=O)[C@@H]1CN(Cc2ccccc2)CC[C@H]1C#N.COC(=O)[C@H]1CN(Cc2ccccc2)CC[C@H]1C#N. The van der Waals surface area contributed by atoms with E-state index in [1.807, 2.05) is 66.7 Å². The fraction of sp³-hybridized carbons (Fsp3) is 0.489. The number of nitriles is 3. The van der Waals surface area contributed by atoms with Crippen molar-refractivity contribution in [1.82, 2.24) is 14.7 Å². The molecule has 63 heavy (non-hydrogen) atoms. The predicted octanol–water partition coefficient (Wildman–Crippen LogP) is 5.20. The maximum absolute atomic E-state index is 11.9. The molecule has 3 aromatic carbocycles. The van der Waals surface area contributed by atoms with Crippen molar-refractivity contribution in [3.63, 3.8) is 0 Å². The molecule has 0 radical (unpaired) electrons. The summed E-state index contributed by atoms with van der Waals surface area (Å²) in [7, 11) is 0.464. The summed E-state index contributed by atoms with van der Waals surface area (Å²) in [5.41, 5.74) is 3.59. The second-order valence-corrected chi connectivity index (χ2v) is 17.1. The molecule has 338 valence electrons. The molecule has 2 unspecified atom stereocenters. The number of nitrogens with zero attached hydrogens (tertiary/aromatic N) is 6. The van der Waals surface area contributed by atoms with Gasteiger partial charge >= 0.3 is 17.9 Å². The first-order valence-electron chi connectivity index (χ1n) is 20.8. The van der Waals surface area contributed by atoms with Crippen LogP contribution in [0.1, 0.15) is 42.9 Å². The van der Waals surface area contributed by atoms with Crippen molar-refractivity contribution < 1.29 is 41.2 Å². The van der Waals surface area contributed by atoms with Gasteiger partial charge in [-0.1, -0.05) is 91.0 Å². The van der Waals surface area contributed by atoms with Crippen LogP contribution in [0.25, 0.3) is 0 Å². The summed E-state index contributed by atoms with van der Waals surface area (Å²) in [6.07, 6.45) is 2.26. The number of rotatable bonds is 11. The van der Waals surface area contributed by atoms with Gasteiger partial charge in [-0.05, 0) is 49.0 Å². The molecule has 0 spiro atoms. The second-order valence-electron chi connectivity index (χ2n) is 15.5. The molecule has 16 heteroatoms. The maximum Gasteiger partial charge on any atom is 0.312 e. The lowest BCUT2D eigenvalue weighted by atomic mass is 9.86. The van der Waals surface area contributed by atoms with Crippen LogP contribution in [-0.2, 0) is 62.5 Å². The lowest BCUT2D eigenvalue weighted by molar-refractivity contribution is -0.152. The van der Waals surface area contributed by atoms with E-state index in [-0.39, 0.29) is 35.6 Å². The van der Waals surface area contributed by atoms with E-state index >= 15 is 0 Å². The molecule has 0 bridgehead atoms. The quantitative estimate of drug-likeness (QED) is 0.138. The van der Waals surface area contributed by atoms with Gasteiger partial charge in [0.1, 0.15) is 0 Å². The number of benzene rings is 3. The lowest BCUT2D eigenvalue weighted by Crippen LogP contribution is -2.48. The molecule has 3 aliphatic rings. The van der Waals surface area contributed by atoms with E-state index in [1.165, 1.54) is 39.4 Å². The molecule has 3 aliphatic heterocycles. The summed E-state index contributed by atoms with van der Waals surface area (Å²) in [4.78, 5) is 41.9. The van der Waals surface area contributed by atoms with Crippen LogP contribution in [0.5, 0.6) is 0 Å². The summed E-state index contributed by atoms with van der Waals surface area (Å²) in [6, 6.07) is 36.4. The summed E-state index contributed by atoms with van der Waals surface area (Å²) in [6.45, 7) is 7.74. The summed E-state index contributed by atoms with van der Waals surface area (Å²) in [5, 5.41) is 25.5. The third-order valence-electron chi connectivity index (χ3n) is 10.9. The number of hydrogen-bond acceptors (Lipinski definition) is 15. The van der Waals surface area contributed by atoms with Gasteiger partial charge in [0.15, 0.2) is 0 Å². The predicted molar refractivity (Wildman–Crippen MR) is 235 cm³/mol. The number of likely N-dealkylation sites (tertiary alicyclic amines) is 3. The van der Waals surface area contributed by atoms with E-state index in [9.17, 15) is 22.8 Å². The Bertz CT molecular complexity index is 2000. The van der Waals surface area contributed by atoms with E-state index in [0.29, 0.717) is 39.1 Å². The molecule has 0 saturated carbocycles. The standard InChI is InChI=1S/2C15H18N2O2.C15H21NO5S.C2H3N/c2*1-19-15(18)14-11-17(8-7-13(14)9-16)10-12-5-3-2-4-6-12;1-20-15(17)13-11-16(10-12-6-4-3-5-7-12)9-8-14(13)21-22(2,18)19;1-2-3/h2*2-6,13-14H,7-8,10-11H2,1H3;3-7,13-14H,8-11H2,1-2H3;1H3/t13-,14+;13-,14-;;/m00../s1. The Hall–Kier alpha value is -5.67. The fourth-order valence-electron chi connectivity index (χ4n) is 7.80. The van der Waals surface area contributed by atoms with Crippen LogP contribution in [0.4, 0.5) is 0 Å². The van der Waals surface area contributed by atoms with E-state index in [1.54, 1.807) is 6.07 Å². The molecule has 3 aromatic rings. The number of hydrogen-bond donors (Lipinski definition) is 0. The zero-order valence-corrected chi connectivity index (χ0v) is 37.7. The van der Waals surface area contributed by atoms with Gasteiger partial charge in [0, 0.05) is 52.7 Å². The zero-order chi connectivity index (χ0) is 46.2. The number of methoxy groups -OCH3 is 3. The van der Waals surface area contributed by atoms with E-state index in [2.05, 4.69) is 51.1 Å². The number of piperidine rings is 3.